The van der Waals surface area contributed by atoms with E-state index in [1.807, 2.05) is 7.05 Å². The number of nitro groups is 1. The minimum Gasteiger partial charge on any atom is -0.393 e. The van der Waals surface area contributed by atoms with Gasteiger partial charge < -0.3 is 16.0 Å². The number of nitrogens with one attached hydrogen (secondary N) is 1. The van der Waals surface area contributed by atoms with Crippen molar-refractivity contribution in [2.24, 2.45) is 0 Å². The lowest BCUT2D eigenvalue weighted by Gasteiger charge is -2.23. The molecule has 6 heteroatoms. The van der Waals surface area contributed by atoms with Crippen LogP contribution in [0.2, 0.25) is 0 Å². The monoisotopic (exact) mass is 266 g/mol. The van der Waals surface area contributed by atoms with E-state index in [4.69, 9.17) is 5.73 Å². The van der Waals surface area contributed by atoms with Gasteiger partial charge >= 0.3 is 5.69 Å². The molecule has 0 bridgehead atoms. The third-order valence-corrected chi connectivity index (χ3v) is 3.37. The van der Waals surface area contributed by atoms with Crippen LogP contribution in [-0.4, -0.2) is 36.0 Å². The normalized spacial score (nSPS) is 12.4. The minimum absolute atomic E-state index is 0.0475. The largest absolute Gasteiger partial charge is 0.393 e. The molecule has 0 radical (unpaired) electrons. The Morgan fingerprint density at radius 2 is 2.21 bits per heavy atom. The molecule has 1 aromatic carbocycles. The van der Waals surface area contributed by atoms with Crippen LogP contribution in [0.1, 0.15) is 20.3 Å². The molecule has 3 N–H and O–H groups in total. The van der Waals surface area contributed by atoms with Gasteiger partial charge in [0.1, 0.15) is 11.4 Å². The molecule has 1 aromatic rings. The third-order valence-electron chi connectivity index (χ3n) is 3.37. The van der Waals surface area contributed by atoms with Crippen LogP contribution in [0.15, 0.2) is 18.2 Å². The van der Waals surface area contributed by atoms with Gasteiger partial charge in [-0.25, -0.2) is 0 Å². The highest BCUT2D eigenvalue weighted by Gasteiger charge is 2.17. The summed E-state index contributed by atoms with van der Waals surface area (Å²) in [4.78, 5) is 12.7. The first-order valence-corrected chi connectivity index (χ1v) is 6.44. The summed E-state index contributed by atoms with van der Waals surface area (Å²) in [6.07, 6.45) is 1.08. The number of para-hydroxylation sites is 1. The second-order valence-electron chi connectivity index (χ2n) is 4.67. The average molecular weight is 266 g/mol. The van der Waals surface area contributed by atoms with Crippen LogP contribution in [0.25, 0.3) is 0 Å². The lowest BCUT2D eigenvalue weighted by Crippen LogP contribution is -2.32. The van der Waals surface area contributed by atoms with Crippen LogP contribution >= 0.6 is 0 Å². The molecule has 1 unspecified atom stereocenters. The van der Waals surface area contributed by atoms with Gasteiger partial charge in [0.15, 0.2) is 0 Å². The molecule has 1 atom stereocenters. The number of hydrogen-bond donors (Lipinski definition) is 2. The summed E-state index contributed by atoms with van der Waals surface area (Å²) in [5.74, 6) is 0. The van der Waals surface area contributed by atoms with Gasteiger partial charge in [-0.3, -0.25) is 10.1 Å². The standard InChI is InChI=1S/C13H22N4O2/c1-4-10(2)16(3)9-8-15-12-7-5-6-11(14)13(12)17(18)19/h5-7,10,15H,4,8-9,14H2,1-3H3. The number of anilines is 2. The van der Waals surface area contributed by atoms with E-state index in [1.165, 1.54) is 6.07 Å². The van der Waals surface area contributed by atoms with Gasteiger partial charge in [0.2, 0.25) is 0 Å². The molecular formula is C13H22N4O2. The van der Waals surface area contributed by atoms with Crippen molar-refractivity contribution < 1.29 is 4.92 Å². The lowest BCUT2D eigenvalue weighted by atomic mass is 10.2. The van der Waals surface area contributed by atoms with Crippen LogP contribution < -0.4 is 11.1 Å². The second kappa shape index (κ2) is 6.94. The van der Waals surface area contributed by atoms with Crippen molar-refractivity contribution in [1.82, 2.24) is 4.90 Å². The zero-order valence-electron chi connectivity index (χ0n) is 11.7. The van der Waals surface area contributed by atoms with E-state index in [2.05, 4.69) is 24.1 Å². The number of hydrogen-bond acceptors (Lipinski definition) is 5. The number of nitro benzene ring substituents is 1. The van der Waals surface area contributed by atoms with Crippen molar-refractivity contribution in [3.63, 3.8) is 0 Å². The highest BCUT2D eigenvalue weighted by atomic mass is 16.6. The lowest BCUT2D eigenvalue weighted by molar-refractivity contribution is -0.383. The Morgan fingerprint density at radius 1 is 1.53 bits per heavy atom. The average Bonchev–Trinajstić information content (AvgIpc) is 2.37. The van der Waals surface area contributed by atoms with Gasteiger partial charge in [-0.1, -0.05) is 13.0 Å². The van der Waals surface area contributed by atoms with E-state index in [-0.39, 0.29) is 11.4 Å². The maximum atomic E-state index is 11.0. The quantitative estimate of drug-likeness (QED) is 0.449. The number of likely N-dealkylation sites (N-methyl/N-ethyl adjacent to an activating group) is 1. The number of nitrogens with two attached hydrogens (primary N) is 1. The van der Waals surface area contributed by atoms with Crippen LogP contribution in [-0.2, 0) is 0 Å². The first kappa shape index (κ1) is 15.2. The van der Waals surface area contributed by atoms with E-state index < -0.39 is 4.92 Å². The molecule has 0 aromatic heterocycles. The molecule has 0 aliphatic carbocycles. The first-order valence-electron chi connectivity index (χ1n) is 6.44. The van der Waals surface area contributed by atoms with Gasteiger partial charge in [0, 0.05) is 19.1 Å². The summed E-state index contributed by atoms with van der Waals surface area (Å²) in [7, 11) is 2.05. The van der Waals surface area contributed by atoms with Gasteiger partial charge in [-0.15, -0.1) is 0 Å². The number of nitrogens with zero attached hydrogens (tertiary/aromatic N) is 2. The zero-order valence-corrected chi connectivity index (χ0v) is 11.7. The Hall–Kier alpha value is -1.82. The second-order valence-corrected chi connectivity index (χ2v) is 4.67. The summed E-state index contributed by atoms with van der Waals surface area (Å²) in [5.41, 5.74) is 6.24. The number of nitrogen functional groups attached to an aromatic ring is 1. The van der Waals surface area contributed by atoms with Gasteiger partial charge in [0.05, 0.1) is 4.92 Å². The maximum absolute atomic E-state index is 11.0. The first-order chi connectivity index (χ1) is 8.97. The molecule has 106 valence electrons. The summed E-state index contributed by atoms with van der Waals surface area (Å²) < 4.78 is 0. The Kier molecular flexibility index (Phi) is 5.57. The maximum Gasteiger partial charge on any atom is 0.314 e. The molecule has 0 aliphatic heterocycles. The summed E-state index contributed by atoms with van der Waals surface area (Å²) in [6, 6.07) is 5.42. The number of benzene rings is 1. The van der Waals surface area contributed by atoms with Crippen molar-refractivity contribution in [3.05, 3.63) is 28.3 Å². The predicted octanol–water partition coefficient (Wildman–Crippen LogP) is 2.32. The van der Waals surface area contributed by atoms with Crippen molar-refractivity contribution >= 4 is 17.1 Å². The highest BCUT2D eigenvalue weighted by molar-refractivity contribution is 5.74. The van der Waals surface area contributed by atoms with Crippen molar-refractivity contribution in [3.8, 4) is 0 Å². The van der Waals surface area contributed by atoms with E-state index >= 15 is 0 Å². The SMILES string of the molecule is CCC(C)N(C)CCNc1cccc(N)c1[N+](=O)[O-]. The van der Waals surface area contributed by atoms with Crippen LogP contribution in [0.5, 0.6) is 0 Å². The Bertz CT molecular complexity index is 437. The van der Waals surface area contributed by atoms with Gasteiger partial charge in [0.25, 0.3) is 0 Å². The Morgan fingerprint density at radius 3 is 2.79 bits per heavy atom. The molecule has 0 heterocycles. The minimum atomic E-state index is -0.448. The summed E-state index contributed by atoms with van der Waals surface area (Å²) >= 11 is 0. The van der Waals surface area contributed by atoms with Crippen molar-refractivity contribution in [1.29, 1.82) is 0 Å². The predicted molar refractivity (Wildman–Crippen MR) is 78.4 cm³/mol. The van der Waals surface area contributed by atoms with E-state index in [0.29, 0.717) is 18.3 Å². The summed E-state index contributed by atoms with van der Waals surface area (Å²) in [6.45, 7) is 5.76. The van der Waals surface area contributed by atoms with E-state index in [0.717, 1.165) is 13.0 Å². The van der Waals surface area contributed by atoms with Crippen LogP contribution in [0, 0.1) is 10.1 Å². The molecule has 0 saturated heterocycles. The molecule has 1 rings (SSSR count). The fraction of sp³-hybridized carbons (Fsp3) is 0.538. The van der Waals surface area contributed by atoms with Crippen molar-refractivity contribution in [2.45, 2.75) is 26.3 Å². The fourth-order valence-electron chi connectivity index (χ4n) is 1.81. The van der Waals surface area contributed by atoms with Crippen molar-refractivity contribution in [2.75, 3.05) is 31.2 Å². The number of rotatable bonds is 7. The molecular weight excluding hydrogens is 244 g/mol. The Balaban J connectivity index is 2.64. The zero-order chi connectivity index (χ0) is 14.4. The molecule has 0 aliphatic rings. The molecule has 6 nitrogen and oxygen atoms in total. The summed E-state index contributed by atoms with van der Waals surface area (Å²) in [5, 5.41) is 14.1. The highest BCUT2D eigenvalue weighted by Crippen LogP contribution is 2.30. The third kappa shape index (κ3) is 4.10. The molecule has 0 fully saturated rings. The molecule has 0 spiro atoms. The van der Waals surface area contributed by atoms with E-state index in [1.54, 1.807) is 12.1 Å². The topological polar surface area (TPSA) is 84.4 Å². The van der Waals surface area contributed by atoms with Gasteiger partial charge in [-0.05, 0) is 32.5 Å². The van der Waals surface area contributed by atoms with Gasteiger partial charge in [-0.2, -0.15) is 0 Å². The molecule has 0 amide bonds. The van der Waals surface area contributed by atoms with E-state index in [9.17, 15) is 10.1 Å². The molecule has 19 heavy (non-hydrogen) atoms. The molecule has 0 saturated carbocycles. The Labute approximate surface area is 113 Å². The van der Waals surface area contributed by atoms with Crippen LogP contribution in [0.3, 0.4) is 0 Å². The smallest absolute Gasteiger partial charge is 0.314 e. The van der Waals surface area contributed by atoms with Crippen LogP contribution in [0.4, 0.5) is 17.1 Å². The fourth-order valence-corrected chi connectivity index (χ4v) is 1.81.